The second-order valence-corrected chi connectivity index (χ2v) is 6.44. The number of hydrogen-bond donors (Lipinski definition) is 2. The van der Waals surface area contributed by atoms with Crippen molar-refractivity contribution in [3.63, 3.8) is 0 Å². The van der Waals surface area contributed by atoms with E-state index in [4.69, 9.17) is 5.73 Å². The summed E-state index contributed by atoms with van der Waals surface area (Å²) in [6, 6.07) is -0.265. The molecule has 1 heterocycles. The molecule has 2 aliphatic rings. The average Bonchev–Trinajstić information content (AvgIpc) is 2.69. The summed E-state index contributed by atoms with van der Waals surface area (Å²) in [6.07, 6.45) is 4.79. The Kier molecular flexibility index (Phi) is 4.37. The van der Waals surface area contributed by atoms with E-state index in [-0.39, 0.29) is 23.9 Å². The molecule has 0 aromatic carbocycles. The minimum absolute atomic E-state index is 0.0282. The van der Waals surface area contributed by atoms with Gasteiger partial charge >= 0.3 is 6.03 Å². The van der Waals surface area contributed by atoms with Crippen LogP contribution in [0.25, 0.3) is 0 Å². The zero-order valence-electron chi connectivity index (χ0n) is 12.8. The molecule has 0 aromatic rings. The number of nitrogens with two attached hydrogens (primary N) is 1. The maximum atomic E-state index is 12.6. The van der Waals surface area contributed by atoms with E-state index >= 15 is 0 Å². The van der Waals surface area contributed by atoms with Gasteiger partial charge in [0.15, 0.2) is 0 Å². The zero-order valence-corrected chi connectivity index (χ0v) is 12.8. The average molecular weight is 281 g/mol. The molecule has 5 heteroatoms. The van der Waals surface area contributed by atoms with Gasteiger partial charge in [-0.25, -0.2) is 4.79 Å². The van der Waals surface area contributed by atoms with Gasteiger partial charge < -0.3 is 11.1 Å². The van der Waals surface area contributed by atoms with Crippen LogP contribution in [0.3, 0.4) is 0 Å². The molecule has 1 aliphatic carbocycles. The quantitative estimate of drug-likeness (QED) is 0.772. The van der Waals surface area contributed by atoms with Gasteiger partial charge in [-0.05, 0) is 51.0 Å². The lowest BCUT2D eigenvalue weighted by molar-refractivity contribution is -0.134. The molecule has 0 spiro atoms. The lowest BCUT2D eigenvalue weighted by Gasteiger charge is -2.39. The van der Waals surface area contributed by atoms with Crippen LogP contribution < -0.4 is 11.1 Å². The molecular weight excluding hydrogens is 254 g/mol. The number of amides is 3. The van der Waals surface area contributed by atoms with Crippen molar-refractivity contribution in [2.75, 3.05) is 6.54 Å². The van der Waals surface area contributed by atoms with Crippen LogP contribution in [0.1, 0.15) is 52.9 Å². The van der Waals surface area contributed by atoms with Crippen molar-refractivity contribution in [1.82, 2.24) is 10.2 Å². The van der Waals surface area contributed by atoms with E-state index in [2.05, 4.69) is 12.2 Å². The summed E-state index contributed by atoms with van der Waals surface area (Å²) in [5.41, 5.74) is 5.13. The van der Waals surface area contributed by atoms with Crippen molar-refractivity contribution in [1.29, 1.82) is 0 Å². The first-order valence-corrected chi connectivity index (χ1v) is 7.82. The largest absolute Gasteiger partial charge is 0.330 e. The van der Waals surface area contributed by atoms with E-state index in [9.17, 15) is 9.59 Å². The first-order valence-electron chi connectivity index (χ1n) is 7.82. The maximum absolute atomic E-state index is 12.6. The molecule has 20 heavy (non-hydrogen) atoms. The summed E-state index contributed by atoms with van der Waals surface area (Å²) in [4.78, 5) is 26.4. The minimum atomic E-state index is -0.741. The molecule has 5 nitrogen and oxygen atoms in total. The van der Waals surface area contributed by atoms with Crippen LogP contribution in [0.2, 0.25) is 0 Å². The number of rotatable bonds is 4. The summed E-state index contributed by atoms with van der Waals surface area (Å²) in [5, 5.41) is 2.85. The second kappa shape index (κ2) is 5.72. The predicted octanol–water partition coefficient (Wildman–Crippen LogP) is 1.86. The third-order valence-corrected chi connectivity index (χ3v) is 5.28. The van der Waals surface area contributed by atoms with Crippen LogP contribution >= 0.6 is 0 Å². The Morgan fingerprint density at radius 3 is 2.55 bits per heavy atom. The van der Waals surface area contributed by atoms with Crippen molar-refractivity contribution in [3.8, 4) is 0 Å². The monoisotopic (exact) mass is 281 g/mol. The number of urea groups is 1. The molecule has 0 bridgehead atoms. The van der Waals surface area contributed by atoms with Gasteiger partial charge in [-0.15, -0.1) is 0 Å². The van der Waals surface area contributed by atoms with Crippen molar-refractivity contribution in [2.45, 2.75) is 64.5 Å². The smallest absolute Gasteiger partial charge is 0.325 e. The van der Waals surface area contributed by atoms with Crippen molar-refractivity contribution in [2.24, 2.45) is 17.6 Å². The zero-order chi connectivity index (χ0) is 14.9. The Morgan fingerprint density at radius 2 is 2.05 bits per heavy atom. The molecule has 0 aromatic heterocycles. The second-order valence-electron chi connectivity index (χ2n) is 6.44. The van der Waals surface area contributed by atoms with E-state index in [1.807, 2.05) is 13.8 Å². The first kappa shape index (κ1) is 15.3. The van der Waals surface area contributed by atoms with Crippen molar-refractivity contribution < 1.29 is 9.59 Å². The molecule has 1 saturated heterocycles. The van der Waals surface area contributed by atoms with Gasteiger partial charge in [0, 0.05) is 6.04 Å². The summed E-state index contributed by atoms with van der Waals surface area (Å²) < 4.78 is 0. The Labute approximate surface area is 121 Å². The summed E-state index contributed by atoms with van der Waals surface area (Å²) >= 11 is 0. The highest BCUT2D eigenvalue weighted by atomic mass is 16.2. The van der Waals surface area contributed by atoms with Gasteiger partial charge in [0.2, 0.25) is 0 Å². The van der Waals surface area contributed by atoms with Gasteiger partial charge in [0.1, 0.15) is 5.54 Å². The highest BCUT2D eigenvalue weighted by Crippen LogP contribution is 2.36. The van der Waals surface area contributed by atoms with Crippen LogP contribution in [-0.2, 0) is 4.79 Å². The number of nitrogens with zero attached hydrogens (tertiary/aromatic N) is 1. The normalized spacial score (nSPS) is 38.2. The summed E-state index contributed by atoms with van der Waals surface area (Å²) in [6.45, 7) is 6.45. The highest BCUT2D eigenvalue weighted by molar-refractivity contribution is 6.07. The molecular formula is C15H27N3O2. The summed E-state index contributed by atoms with van der Waals surface area (Å²) in [7, 11) is 0. The predicted molar refractivity (Wildman–Crippen MR) is 78.0 cm³/mol. The molecule has 4 atom stereocenters. The van der Waals surface area contributed by atoms with E-state index in [1.54, 1.807) is 0 Å². The van der Waals surface area contributed by atoms with E-state index in [0.29, 0.717) is 18.9 Å². The van der Waals surface area contributed by atoms with Gasteiger partial charge in [-0.3, -0.25) is 9.69 Å². The molecule has 114 valence electrons. The van der Waals surface area contributed by atoms with Crippen LogP contribution in [0, 0.1) is 11.8 Å². The lowest BCUT2D eigenvalue weighted by Crippen LogP contribution is -2.51. The van der Waals surface area contributed by atoms with Gasteiger partial charge in [0.25, 0.3) is 5.91 Å². The minimum Gasteiger partial charge on any atom is -0.330 e. The maximum Gasteiger partial charge on any atom is 0.325 e. The van der Waals surface area contributed by atoms with Gasteiger partial charge in [0.05, 0.1) is 0 Å². The fourth-order valence-electron chi connectivity index (χ4n) is 3.50. The van der Waals surface area contributed by atoms with E-state index in [0.717, 1.165) is 25.7 Å². The SMILES string of the molecule is CCC1CCC(CN)C(N2C(=O)NC(C)(CC)C2=O)C1. The molecule has 1 saturated carbocycles. The van der Waals surface area contributed by atoms with Crippen LogP contribution in [0.15, 0.2) is 0 Å². The Balaban J connectivity index is 2.23. The Morgan fingerprint density at radius 1 is 1.35 bits per heavy atom. The molecule has 4 unspecified atom stereocenters. The molecule has 3 N–H and O–H groups in total. The van der Waals surface area contributed by atoms with E-state index < -0.39 is 5.54 Å². The van der Waals surface area contributed by atoms with E-state index in [1.165, 1.54) is 4.90 Å². The first-order chi connectivity index (χ1) is 9.46. The summed E-state index contributed by atoms with van der Waals surface area (Å²) in [5.74, 6) is 0.758. The van der Waals surface area contributed by atoms with Crippen LogP contribution in [0.4, 0.5) is 4.79 Å². The van der Waals surface area contributed by atoms with Crippen molar-refractivity contribution >= 4 is 11.9 Å². The van der Waals surface area contributed by atoms with Crippen molar-refractivity contribution in [3.05, 3.63) is 0 Å². The fourth-order valence-corrected chi connectivity index (χ4v) is 3.50. The fraction of sp³-hybridized carbons (Fsp3) is 0.867. The molecule has 0 radical (unpaired) electrons. The lowest BCUT2D eigenvalue weighted by atomic mass is 9.76. The number of imide groups is 1. The van der Waals surface area contributed by atoms with Gasteiger partial charge in [-0.1, -0.05) is 20.3 Å². The number of nitrogens with one attached hydrogen (secondary N) is 1. The number of carbonyl (C=O) groups is 2. The molecule has 1 aliphatic heterocycles. The Hall–Kier alpha value is -1.10. The molecule has 2 rings (SSSR count). The third-order valence-electron chi connectivity index (χ3n) is 5.28. The highest BCUT2D eigenvalue weighted by Gasteiger charge is 2.51. The van der Waals surface area contributed by atoms with Crippen LogP contribution in [0.5, 0.6) is 0 Å². The molecule has 3 amide bonds. The topological polar surface area (TPSA) is 75.4 Å². The number of hydrogen-bond acceptors (Lipinski definition) is 3. The Bertz CT molecular complexity index is 399. The molecule has 2 fully saturated rings. The van der Waals surface area contributed by atoms with Gasteiger partial charge in [-0.2, -0.15) is 0 Å². The number of carbonyl (C=O) groups excluding carboxylic acids is 2. The standard InChI is InChI=1S/C15H27N3O2/c1-4-10-6-7-11(9-16)12(8-10)18-13(19)15(3,5-2)17-14(18)20/h10-12H,4-9,16H2,1-3H3,(H,17,20). The van der Waals surface area contributed by atoms with Crippen LogP contribution in [-0.4, -0.2) is 35.0 Å². The third kappa shape index (κ3) is 2.43.